The van der Waals surface area contributed by atoms with Crippen molar-refractivity contribution < 1.29 is 24.3 Å². The van der Waals surface area contributed by atoms with Crippen molar-refractivity contribution in [3.05, 3.63) is 65.7 Å². The number of nitrogens with zero attached hydrogens (tertiary/aromatic N) is 1. The molecule has 0 amide bonds. The number of carbonyl (C=O) groups is 2. The Bertz CT molecular complexity index is 889. The van der Waals surface area contributed by atoms with Crippen LogP contribution in [0.2, 0.25) is 0 Å². The van der Waals surface area contributed by atoms with Crippen LogP contribution in [-0.2, 0) is 21.3 Å². The van der Waals surface area contributed by atoms with Gasteiger partial charge in [-0.3, -0.25) is 4.79 Å². The molecule has 1 fully saturated rings. The number of hydroxylamine groups is 2. The average molecular weight is 410 g/mol. The third kappa shape index (κ3) is 4.89. The summed E-state index contributed by atoms with van der Waals surface area (Å²) in [5.74, 6) is -1.26. The molecule has 0 aliphatic carbocycles. The molecule has 3 rings (SSSR count). The Balaban J connectivity index is 1.71. The van der Waals surface area contributed by atoms with Crippen molar-refractivity contribution in [3.63, 3.8) is 0 Å². The number of piperidine rings is 1. The molecule has 0 aromatic heterocycles. The molecule has 2 aromatic carbocycles. The van der Waals surface area contributed by atoms with Crippen LogP contribution in [0.25, 0.3) is 0 Å². The number of benzene rings is 2. The number of hydrogen-bond acceptors (Lipinski definition) is 5. The van der Waals surface area contributed by atoms with Crippen molar-refractivity contribution in [3.8, 4) is 5.75 Å². The van der Waals surface area contributed by atoms with Gasteiger partial charge in [-0.25, -0.2) is 4.79 Å². The maximum absolute atomic E-state index is 12.9. The van der Waals surface area contributed by atoms with E-state index in [-0.39, 0.29) is 17.9 Å². The van der Waals surface area contributed by atoms with Crippen molar-refractivity contribution in [1.29, 1.82) is 0 Å². The number of rotatable bonds is 5. The fraction of sp³-hybridized carbons (Fsp3) is 0.417. The molecule has 1 radical (unpaired) electrons. The third-order valence-corrected chi connectivity index (χ3v) is 5.46. The van der Waals surface area contributed by atoms with Gasteiger partial charge in [-0.1, -0.05) is 42.5 Å². The Morgan fingerprint density at radius 3 is 2.13 bits per heavy atom. The smallest absolute Gasteiger partial charge is 0.342 e. The minimum Gasteiger partial charge on any atom is -0.457 e. The van der Waals surface area contributed by atoms with E-state index < -0.39 is 28.9 Å². The zero-order chi connectivity index (χ0) is 21.9. The molecule has 1 saturated heterocycles. The summed E-state index contributed by atoms with van der Waals surface area (Å²) in [6.45, 7) is 7.45. The van der Waals surface area contributed by atoms with E-state index in [1.807, 2.05) is 58.0 Å². The van der Waals surface area contributed by atoms with E-state index in [2.05, 4.69) is 0 Å². The van der Waals surface area contributed by atoms with E-state index in [0.29, 0.717) is 12.8 Å². The second-order valence-electron chi connectivity index (χ2n) is 9.00. The lowest BCUT2D eigenvalue weighted by atomic mass is 9.75. The van der Waals surface area contributed by atoms with E-state index in [1.54, 1.807) is 24.3 Å². The fourth-order valence-corrected chi connectivity index (χ4v) is 4.15. The first-order valence-electron chi connectivity index (χ1n) is 10.1. The van der Waals surface area contributed by atoms with E-state index in [9.17, 15) is 14.8 Å². The normalized spacial score (nSPS) is 18.6. The Labute approximate surface area is 177 Å². The van der Waals surface area contributed by atoms with Crippen molar-refractivity contribution >= 4 is 11.9 Å². The minimum atomic E-state index is -0.681. The monoisotopic (exact) mass is 410 g/mol. The van der Waals surface area contributed by atoms with Crippen molar-refractivity contribution in [2.45, 2.75) is 58.2 Å². The summed E-state index contributed by atoms with van der Waals surface area (Å²) in [4.78, 5) is 25.5. The van der Waals surface area contributed by atoms with Crippen LogP contribution in [0.15, 0.2) is 54.6 Å². The van der Waals surface area contributed by atoms with Crippen LogP contribution < -0.4 is 4.74 Å². The molecule has 0 atom stereocenters. The molecular formula is C24H28NO5. The molecule has 6 heteroatoms. The molecule has 1 heterocycles. The quantitative estimate of drug-likeness (QED) is 0.533. The van der Waals surface area contributed by atoms with Crippen LogP contribution in [0.3, 0.4) is 0 Å². The van der Waals surface area contributed by atoms with Crippen molar-refractivity contribution in [2.24, 2.45) is 5.92 Å². The Hall–Kier alpha value is -2.70. The second kappa shape index (κ2) is 8.58. The first kappa shape index (κ1) is 22.0. The zero-order valence-electron chi connectivity index (χ0n) is 17.9. The molecule has 1 aliphatic rings. The van der Waals surface area contributed by atoms with Crippen LogP contribution in [0.4, 0.5) is 0 Å². The van der Waals surface area contributed by atoms with Gasteiger partial charge in [-0.05, 0) is 58.2 Å². The predicted molar refractivity (Wildman–Crippen MR) is 111 cm³/mol. The molecule has 6 nitrogen and oxygen atoms in total. The van der Waals surface area contributed by atoms with Crippen LogP contribution in [0.5, 0.6) is 5.75 Å². The van der Waals surface area contributed by atoms with Gasteiger partial charge in [0.25, 0.3) is 0 Å². The Morgan fingerprint density at radius 1 is 0.933 bits per heavy atom. The van der Waals surface area contributed by atoms with E-state index >= 15 is 0 Å². The summed E-state index contributed by atoms with van der Waals surface area (Å²) in [5.41, 5.74) is -0.296. The topological polar surface area (TPSA) is 75.7 Å². The fourth-order valence-electron chi connectivity index (χ4n) is 4.15. The van der Waals surface area contributed by atoms with Gasteiger partial charge < -0.3 is 9.47 Å². The lowest BCUT2D eigenvalue weighted by molar-refractivity contribution is -0.293. The summed E-state index contributed by atoms with van der Waals surface area (Å²) in [6.07, 6.45) is 0.777. The molecule has 0 unspecified atom stereocenters. The lowest BCUT2D eigenvalue weighted by Gasteiger charge is -2.49. The number of para-hydroxylation sites is 1. The largest absolute Gasteiger partial charge is 0.457 e. The van der Waals surface area contributed by atoms with Gasteiger partial charge >= 0.3 is 11.9 Å². The molecule has 0 saturated carbocycles. The average Bonchev–Trinajstić information content (AvgIpc) is 2.71. The Morgan fingerprint density at radius 2 is 1.50 bits per heavy atom. The molecule has 1 aliphatic heterocycles. The summed E-state index contributed by atoms with van der Waals surface area (Å²) < 4.78 is 11.0. The highest BCUT2D eigenvalue weighted by Crippen LogP contribution is 2.41. The summed E-state index contributed by atoms with van der Waals surface area (Å²) in [6, 6.07) is 15.9. The van der Waals surface area contributed by atoms with Gasteiger partial charge in [0.1, 0.15) is 17.9 Å². The van der Waals surface area contributed by atoms with Crippen LogP contribution in [0, 0.1) is 5.92 Å². The summed E-state index contributed by atoms with van der Waals surface area (Å²) >= 11 is 0. The molecule has 159 valence electrons. The van der Waals surface area contributed by atoms with Gasteiger partial charge in [0.05, 0.1) is 5.92 Å². The van der Waals surface area contributed by atoms with E-state index in [4.69, 9.17) is 9.47 Å². The second-order valence-corrected chi connectivity index (χ2v) is 9.00. The maximum atomic E-state index is 12.9. The third-order valence-electron chi connectivity index (χ3n) is 5.46. The van der Waals surface area contributed by atoms with E-state index in [0.717, 1.165) is 10.6 Å². The van der Waals surface area contributed by atoms with E-state index in [1.165, 1.54) is 0 Å². The van der Waals surface area contributed by atoms with Gasteiger partial charge in [0.15, 0.2) is 0 Å². The predicted octanol–water partition coefficient (Wildman–Crippen LogP) is 4.56. The van der Waals surface area contributed by atoms with Gasteiger partial charge in [-0.2, -0.15) is 0 Å². The Kier molecular flexibility index (Phi) is 6.29. The first-order valence-corrected chi connectivity index (χ1v) is 10.1. The molecule has 0 bridgehead atoms. The maximum Gasteiger partial charge on any atom is 0.342 e. The number of carbonyl (C=O) groups excluding carboxylic acids is 2. The van der Waals surface area contributed by atoms with Gasteiger partial charge in [0, 0.05) is 11.1 Å². The van der Waals surface area contributed by atoms with Crippen LogP contribution >= 0.6 is 0 Å². The highest BCUT2D eigenvalue weighted by atomic mass is 16.5. The highest BCUT2D eigenvalue weighted by molar-refractivity contribution is 5.93. The summed E-state index contributed by atoms with van der Waals surface area (Å²) in [5, 5.41) is 13.6. The number of ether oxygens (including phenoxy) is 2. The minimum absolute atomic E-state index is 0.131. The van der Waals surface area contributed by atoms with Crippen LogP contribution in [0.1, 0.15) is 56.5 Å². The molecule has 0 spiro atoms. The first-order chi connectivity index (χ1) is 14.1. The van der Waals surface area contributed by atoms with Crippen molar-refractivity contribution in [1.82, 2.24) is 5.06 Å². The number of hydrogen-bond donors (Lipinski definition) is 0. The molecular weight excluding hydrogens is 382 g/mol. The van der Waals surface area contributed by atoms with Gasteiger partial charge in [-0.15, -0.1) is 10.3 Å². The molecule has 30 heavy (non-hydrogen) atoms. The number of esters is 2. The lowest BCUT2D eigenvalue weighted by Crippen LogP contribution is -2.59. The van der Waals surface area contributed by atoms with Gasteiger partial charge in [0.2, 0.25) is 0 Å². The molecule has 0 N–H and O–H groups in total. The highest BCUT2D eigenvalue weighted by Gasteiger charge is 2.48. The SMILES string of the molecule is CC1(C)CC(C(=O)Oc2ccccc2C(=O)OCc2ccccc2)CC(C)(C)N1[O]. The standard InChI is InChI=1S/C24H28NO5/c1-23(2)14-18(15-24(3,4)25(23)28)21(26)30-20-13-9-8-12-19(20)22(27)29-16-17-10-6-5-7-11-17/h5-13,18H,14-16H2,1-4H3. The van der Waals surface area contributed by atoms with Crippen molar-refractivity contribution in [2.75, 3.05) is 0 Å². The zero-order valence-corrected chi connectivity index (χ0v) is 17.9. The summed E-state index contributed by atoms with van der Waals surface area (Å²) in [7, 11) is 0. The van der Waals surface area contributed by atoms with Crippen LogP contribution in [-0.4, -0.2) is 28.1 Å². The molecule has 2 aromatic rings.